The van der Waals surface area contributed by atoms with E-state index < -0.39 is 5.97 Å². The van der Waals surface area contributed by atoms with Crippen molar-refractivity contribution in [2.24, 2.45) is 0 Å². The lowest BCUT2D eigenvalue weighted by Crippen LogP contribution is -2.44. The number of carboxylic acids is 1. The minimum atomic E-state index is -0.808. The van der Waals surface area contributed by atoms with Crippen molar-refractivity contribution in [1.82, 2.24) is 9.88 Å². The summed E-state index contributed by atoms with van der Waals surface area (Å²) < 4.78 is 0. The number of pyridine rings is 1. The average Bonchev–Trinajstić information content (AvgIpc) is 2.59. The van der Waals surface area contributed by atoms with E-state index in [1.165, 1.54) is 0 Å². The van der Waals surface area contributed by atoms with Gasteiger partial charge in [-0.05, 0) is 43.2 Å². The van der Waals surface area contributed by atoms with Crippen LogP contribution in [-0.4, -0.2) is 39.5 Å². The van der Waals surface area contributed by atoms with Gasteiger partial charge in [-0.15, -0.1) is 0 Å². The van der Waals surface area contributed by atoms with Gasteiger partial charge in [0.25, 0.3) is 5.91 Å². The lowest BCUT2D eigenvalue weighted by atomic mass is 9.96. The molecule has 5 heteroatoms. The monoisotopic (exact) mass is 312 g/mol. The first-order valence-electron chi connectivity index (χ1n) is 8.02. The normalized spacial score (nSPS) is 18.1. The van der Waals surface area contributed by atoms with E-state index in [4.69, 9.17) is 5.11 Å². The molecule has 1 amide bonds. The summed E-state index contributed by atoms with van der Waals surface area (Å²) in [6.45, 7) is 0.694. The minimum Gasteiger partial charge on any atom is -0.481 e. The largest absolute Gasteiger partial charge is 0.481 e. The lowest BCUT2D eigenvalue weighted by Gasteiger charge is -2.36. The van der Waals surface area contributed by atoms with E-state index in [2.05, 4.69) is 4.98 Å². The third kappa shape index (κ3) is 3.33. The Morgan fingerprint density at radius 3 is 2.96 bits per heavy atom. The van der Waals surface area contributed by atoms with Crippen LogP contribution in [0.15, 0.2) is 36.7 Å². The summed E-state index contributed by atoms with van der Waals surface area (Å²) >= 11 is 0. The van der Waals surface area contributed by atoms with E-state index >= 15 is 0 Å². The third-order valence-corrected chi connectivity index (χ3v) is 4.49. The molecule has 1 aliphatic rings. The number of carboxylic acid groups (broad SMARTS) is 1. The van der Waals surface area contributed by atoms with Crippen molar-refractivity contribution in [3.8, 4) is 0 Å². The van der Waals surface area contributed by atoms with Gasteiger partial charge >= 0.3 is 5.97 Å². The zero-order valence-electron chi connectivity index (χ0n) is 12.9. The van der Waals surface area contributed by atoms with Crippen LogP contribution < -0.4 is 0 Å². The number of aromatic nitrogens is 1. The summed E-state index contributed by atoms with van der Waals surface area (Å²) in [5.74, 6) is -0.823. The molecule has 3 rings (SSSR count). The number of carbonyl (C=O) groups is 2. The Bertz CT molecular complexity index is 724. The number of fused-ring (bicyclic) bond motifs is 1. The number of carbonyl (C=O) groups excluding carboxylic acids is 1. The Kier molecular flexibility index (Phi) is 4.55. The molecule has 1 atom stereocenters. The van der Waals surface area contributed by atoms with Crippen LogP contribution in [0, 0.1) is 0 Å². The van der Waals surface area contributed by atoms with E-state index in [0.717, 1.165) is 30.0 Å². The second-order valence-electron chi connectivity index (χ2n) is 5.98. The van der Waals surface area contributed by atoms with Crippen LogP contribution in [0.1, 0.15) is 42.5 Å². The van der Waals surface area contributed by atoms with Gasteiger partial charge in [-0.3, -0.25) is 14.6 Å². The first-order chi connectivity index (χ1) is 11.2. The topological polar surface area (TPSA) is 70.5 Å². The van der Waals surface area contributed by atoms with Crippen LogP contribution in [0.25, 0.3) is 10.8 Å². The first-order valence-corrected chi connectivity index (χ1v) is 8.02. The highest BCUT2D eigenvalue weighted by atomic mass is 16.4. The molecule has 1 aromatic carbocycles. The number of rotatable bonds is 4. The molecular weight excluding hydrogens is 292 g/mol. The Labute approximate surface area is 134 Å². The van der Waals surface area contributed by atoms with Crippen molar-refractivity contribution in [2.45, 2.75) is 38.1 Å². The van der Waals surface area contributed by atoms with Gasteiger partial charge in [-0.2, -0.15) is 0 Å². The zero-order chi connectivity index (χ0) is 16.2. The maximum absolute atomic E-state index is 13.0. The summed E-state index contributed by atoms with van der Waals surface area (Å²) in [6.07, 6.45) is 6.95. The van der Waals surface area contributed by atoms with E-state index in [9.17, 15) is 9.59 Å². The van der Waals surface area contributed by atoms with Crippen molar-refractivity contribution in [3.05, 3.63) is 42.2 Å². The number of hydrogen-bond acceptors (Lipinski definition) is 3. The highest BCUT2D eigenvalue weighted by Crippen LogP contribution is 2.26. The molecule has 0 radical (unpaired) electrons. The number of likely N-dealkylation sites (tertiary alicyclic amines) is 1. The number of piperidine rings is 1. The fraction of sp³-hybridized carbons (Fsp3) is 0.389. The van der Waals surface area contributed by atoms with E-state index in [1.54, 1.807) is 12.4 Å². The molecule has 1 unspecified atom stereocenters. The van der Waals surface area contributed by atoms with Crippen LogP contribution in [0.5, 0.6) is 0 Å². The molecule has 0 aliphatic carbocycles. The molecule has 5 nitrogen and oxygen atoms in total. The van der Waals surface area contributed by atoms with Gasteiger partial charge < -0.3 is 10.0 Å². The molecular formula is C18H20N2O3. The van der Waals surface area contributed by atoms with Gasteiger partial charge in [0.2, 0.25) is 0 Å². The molecule has 0 bridgehead atoms. The molecule has 1 fully saturated rings. The van der Waals surface area contributed by atoms with Gasteiger partial charge in [-0.25, -0.2) is 0 Å². The van der Waals surface area contributed by atoms with Crippen LogP contribution >= 0.6 is 0 Å². The minimum absolute atomic E-state index is 0.0132. The molecule has 1 aliphatic heterocycles. The van der Waals surface area contributed by atoms with Gasteiger partial charge in [0.1, 0.15) is 0 Å². The molecule has 2 heterocycles. The van der Waals surface area contributed by atoms with E-state index in [0.29, 0.717) is 18.5 Å². The first kappa shape index (κ1) is 15.5. The summed E-state index contributed by atoms with van der Waals surface area (Å²) in [5.41, 5.74) is 0.651. The standard InChI is InChI=1S/C18H20N2O3/c21-17(22)8-7-14-5-1-2-11-20(14)18(23)15-6-3-4-13-9-10-19-12-16(13)15/h3-4,6,9-10,12,14H,1-2,5,7-8,11H2,(H,21,22). The SMILES string of the molecule is O=C(O)CCC1CCCCN1C(=O)c1cccc2ccncc12. The maximum atomic E-state index is 13.0. The molecule has 2 aromatic rings. The van der Waals surface area contributed by atoms with Crippen LogP contribution in [0.4, 0.5) is 0 Å². The Morgan fingerprint density at radius 1 is 1.26 bits per heavy atom. The van der Waals surface area contributed by atoms with Gasteiger partial charge in [0.15, 0.2) is 0 Å². The van der Waals surface area contributed by atoms with Crippen molar-refractivity contribution in [2.75, 3.05) is 6.54 Å². The zero-order valence-corrected chi connectivity index (χ0v) is 12.9. The molecule has 1 saturated heterocycles. The summed E-state index contributed by atoms with van der Waals surface area (Å²) in [6, 6.07) is 7.58. The smallest absolute Gasteiger partial charge is 0.303 e. The van der Waals surface area contributed by atoms with Crippen LogP contribution in [0.2, 0.25) is 0 Å². The number of aliphatic carboxylic acids is 1. The molecule has 1 aromatic heterocycles. The number of benzene rings is 1. The second kappa shape index (κ2) is 6.77. The Hall–Kier alpha value is -2.43. The second-order valence-corrected chi connectivity index (χ2v) is 5.98. The van der Waals surface area contributed by atoms with Crippen molar-refractivity contribution in [1.29, 1.82) is 0 Å². The maximum Gasteiger partial charge on any atom is 0.303 e. The lowest BCUT2D eigenvalue weighted by molar-refractivity contribution is -0.137. The quantitative estimate of drug-likeness (QED) is 0.941. The highest BCUT2D eigenvalue weighted by Gasteiger charge is 2.28. The highest BCUT2D eigenvalue weighted by molar-refractivity contribution is 6.06. The predicted molar refractivity (Wildman–Crippen MR) is 87.3 cm³/mol. The molecule has 1 N–H and O–H groups in total. The van der Waals surface area contributed by atoms with Crippen LogP contribution in [0.3, 0.4) is 0 Å². The average molecular weight is 312 g/mol. The molecule has 0 saturated carbocycles. The Morgan fingerprint density at radius 2 is 2.13 bits per heavy atom. The summed E-state index contributed by atoms with van der Waals surface area (Å²) in [4.78, 5) is 29.9. The fourth-order valence-electron chi connectivity index (χ4n) is 3.31. The summed E-state index contributed by atoms with van der Waals surface area (Å²) in [5, 5.41) is 10.8. The van der Waals surface area contributed by atoms with Crippen molar-refractivity contribution < 1.29 is 14.7 Å². The van der Waals surface area contributed by atoms with Gasteiger partial charge in [-0.1, -0.05) is 12.1 Å². The van der Waals surface area contributed by atoms with Crippen LogP contribution in [-0.2, 0) is 4.79 Å². The fourth-order valence-corrected chi connectivity index (χ4v) is 3.31. The van der Waals surface area contributed by atoms with Gasteiger partial charge in [0, 0.05) is 42.4 Å². The molecule has 23 heavy (non-hydrogen) atoms. The number of amides is 1. The van der Waals surface area contributed by atoms with Gasteiger partial charge in [0.05, 0.1) is 0 Å². The third-order valence-electron chi connectivity index (χ3n) is 4.49. The Balaban J connectivity index is 1.88. The van der Waals surface area contributed by atoms with E-state index in [-0.39, 0.29) is 18.4 Å². The molecule has 120 valence electrons. The number of hydrogen-bond donors (Lipinski definition) is 1. The predicted octanol–water partition coefficient (Wildman–Crippen LogP) is 3.09. The summed E-state index contributed by atoms with van der Waals surface area (Å²) in [7, 11) is 0. The van der Waals surface area contributed by atoms with E-state index in [1.807, 2.05) is 29.2 Å². The van der Waals surface area contributed by atoms with Crippen molar-refractivity contribution >= 4 is 22.6 Å². The van der Waals surface area contributed by atoms with Crippen molar-refractivity contribution in [3.63, 3.8) is 0 Å². The molecule has 0 spiro atoms. The number of nitrogens with zero attached hydrogens (tertiary/aromatic N) is 2.